The lowest BCUT2D eigenvalue weighted by atomic mass is 9.93. The van der Waals surface area contributed by atoms with Crippen LogP contribution >= 0.6 is 22.9 Å². The summed E-state index contributed by atoms with van der Waals surface area (Å²) in [6, 6.07) is 9.79. The van der Waals surface area contributed by atoms with Crippen molar-refractivity contribution in [2.45, 2.75) is 39.7 Å². The van der Waals surface area contributed by atoms with E-state index in [1.165, 1.54) is 23.0 Å². The van der Waals surface area contributed by atoms with E-state index in [0.29, 0.717) is 61.5 Å². The quantitative estimate of drug-likeness (QED) is 0.330. The first-order valence-electron chi connectivity index (χ1n) is 12.7. The standard InChI is InChI=1S/C29H31ClN2O6S/c1-6-9-20-25(28(34)38-8-3)26(19-16-18(30)11-13-21(19)35-4)32-27(33)24(39-29(32)31-20)15-17-10-12-22(37-7-2)23(14-17)36-5/h10-16,26H,6-9H2,1-5H3/b24-15+/t26-/m1/s1. The van der Waals surface area contributed by atoms with E-state index in [2.05, 4.69) is 0 Å². The SMILES string of the molecule is CCCC1=C(C(=O)OCC)[C@@H](c2cc(Cl)ccc2OC)n2c(s/c(=C/c3ccc(OCC)c(OC)c3)c2=O)=N1. The third-order valence-corrected chi connectivity index (χ3v) is 7.38. The number of fused-ring (bicyclic) bond motifs is 1. The van der Waals surface area contributed by atoms with Crippen LogP contribution in [-0.4, -0.2) is 38.0 Å². The Balaban J connectivity index is 2.00. The van der Waals surface area contributed by atoms with Gasteiger partial charge in [-0.3, -0.25) is 9.36 Å². The van der Waals surface area contributed by atoms with Gasteiger partial charge >= 0.3 is 5.97 Å². The second-order valence-corrected chi connectivity index (χ2v) is 10.1. The molecule has 0 spiro atoms. The lowest BCUT2D eigenvalue weighted by molar-refractivity contribution is -0.139. The molecule has 3 aromatic rings. The van der Waals surface area contributed by atoms with E-state index in [0.717, 1.165) is 12.0 Å². The monoisotopic (exact) mass is 570 g/mol. The molecule has 0 fully saturated rings. The normalized spacial score (nSPS) is 15.0. The number of benzene rings is 2. The van der Waals surface area contributed by atoms with E-state index in [9.17, 15) is 9.59 Å². The molecule has 0 saturated heterocycles. The van der Waals surface area contributed by atoms with Gasteiger partial charge in [-0.2, -0.15) is 0 Å². The molecule has 206 valence electrons. The van der Waals surface area contributed by atoms with Gasteiger partial charge in [0.15, 0.2) is 16.3 Å². The predicted octanol–water partition coefficient (Wildman–Crippen LogP) is 4.65. The van der Waals surface area contributed by atoms with Crippen molar-refractivity contribution in [3.8, 4) is 17.2 Å². The van der Waals surface area contributed by atoms with Crippen molar-refractivity contribution in [2.24, 2.45) is 4.99 Å². The topological polar surface area (TPSA) is 88.4 Å². The number of carbonyl (C=O) groups excluding carboxylic acids is 1. The van der Waals surface area contributed by atoms with Gasteiger partial charge in [0.05, 0.1) is 43.2 Å². The Morgan fingerprint density at radius 1 is 1.05 bits per heavy atom. The van der Waals surface area contributed by atoms with Crippen molar-refractivity contribution < 1.29 is 23.7 Å². The molecule has 8 nitrogen and oxygen atoms in total. The molecule has 1 atom stereocenters. The smallest absolute Gasteiger partial charge is 0.338 e. The highest BCUT2D eigenvalue weighted by atomic mass is 35.5. The molecule has 0 N–H and O–H groups in total. The molecule has 0 radical (unpaired) electrons. The molecule has 2 heterocycles. The zero-order chi connectivity index (χ0) is 28.1. The van der Waals surface area contributed by atoms with Gasteiger partial charge < -0.3 is 18.9 Å². The number of carbonyl (C=O) groups is 1. The van der Waals surface area contributed by atoms with E-state index in [4.69, 9.17) is 35.5 Å². The third kappa shape index (κ3) is 5.74. The van der Waals surface area contributed by atoms with Gasteiger partial charge in [0.2, 0.25) is 0 Å². The summed E-state index contributed by atoms with van der Waals surface area (Å²) in [5.41, 5.74) is 1.93. The van der Waals surface area contributed by atoms with Gasteiger partial charge in [-0.1, -0.05) is 42.3 Å². The maximum atomic E-state index is 14.0. The average Bonchev–Trinajstić information content (AvgIpc) is 3.23. The Bertz CT molecular complexity index is 1590. The molecular weight excluding hydrogens is 540 g/mol. The Morgan fingerprint density at radius 3 is 2.46 bits per heavy atom. The summed E-state index contributed by atoms with van der Waals surface area (Å²) in [6.07, 6.45) is 3.07. The molecule has 1 aliphatic rings. The second kappa shape index (κ2) is 12.5. The van der Waals surface area contributed by atoms with Gasteiger partial charge in [-0.25, -0.2) is 9.79 Å². The number of hydrogen-bond acceptors (Lipinski definition) is 8. The average molecular weight is 571 g/mol. The zero-order valence-electron chi connectivity index (χ0n) is 22.6. The van der Waals surface area contributed by atoms with E-state index in [-0.39, 0.29) is 12.2 Å². The molecule has 1 aliphatic heterocycles. The first kappa shape index (κ1) is 28.4. The van der Waals surface area contributed by atoms with Gasteiger partial charge in [-0.05, 0) is 62.2 Å². The van der Waals surface area contributed by atoms with Crippen molar-refractivity contribution in [3.63, 3.8) is 0 Å². The number of aromatic nitrogens is 1. The molecule has 2 aromatic carbocycles. The van der Waals surface area contributed by atoms with Crippen molar-refractivity contribution in [1.82, 2.24) is 4.57 Å². The Hall–Kier alpha value is -3.56. The lowest BCUT2D eigenvalue weighted by Gasteiger charge is -2.27. The Labute approximate surface area is 235 Å². The maximum Gasteiger partial charge on any atom is 0.338 e. The first-order valence-corrected chi connectivity index (χ1v) is 13.9. The number of methoxy groups -OCH3 is 2. The minimum absolute atomic E-state index is 0.186. The van der Waals surface area contributed by atoms with Crippen molar-refractivity contribution in [1.29, 1.82) is 0 Å². The minimum Gasteiger partial charge on any atom is -0.496 e. The van der Waals surface area contributed by atoms with Crippen LogP contribution in [0.25, 0.3) is 6.08 Å². The largest absolute Gasteiger partial charge is 0.496 e. The predicted molar refractivity (Wildman–Crippen MR) is 152 cm³/mol. The van der Waals surface area contributed by atoms with Gasteiger partial charge in [0.1, 0.15) is 11.8 Å². The Morgan fingerprint density at radius 2 is 1.79 bits per heavy atom. The maximum absolute atomic E-state index is 14.0. The van der Waals surface area contributed by atoms with Crippen molar-refractivity contribution in [3.05, 3.63) is 83.5 Å². The number of allylic oxidation sites excluding steroid dienone is 1. The Kier molecular flexibility index (Phi) is 9.14. The highest BCUT2D eigenvalue weighted by Crippen LogP contribution is 2.38. The second-order valence-electron chi connectivity index (χ2n) is 8.64. The van der Waals surface area contributed by atoms with Crippen LogP contribution in [-0.2, 0) is 9.53 Å². The van der Waals surface area contributed by atoms with Crippen LogP contribution in [0.1, 0.15) is 50.8 Å². The van der Waals surface area contributed by atoms with Gasteiger partial charge in [0.25, 0.3) is 5.56 Å². The van der Waals surface area contributed by atoms with Crippen molar-refractivity contribution >= 4 is 35.0 Å². The summed E-state index contributed by atoms with van der Waals surface area (Å²) < 4.78 is 24.2. The number of thiazole rings is 1. The van der Waals surface area contributed by atoms with Crippen LogP contribution in [0.2, 0.25) is 5.02 Å². The summed E-state index contributed by atoms with van der Waals surface area (Å²) in [4.78, 5) is 32.6. The molecule has 1 aromatic heterocycles. The van der Waals surface area contributed by atoms with E-state index < -0.39 is 12.0 Å². The van der Waals surface area contributed by atoms with Crippen LogP contribution in [0.15, 0.2) is 57.5 Å². The van der Waals surface area contributed by atoms with E-state index in [1.807, 2.05) is 32.0 Å². The molecular formula is C29H31ClN2O6S. The minimum atomic E-state index is -0.826. The van der Waals surface area contributed by atoms with Crippen LogP contribution in [0, 0.1) is 0 Å². The summed E-state index contributed by atoms with van der Waals surface area (Å²) in [5.74, 6) is 1.15. The third-order valence-electron chi connectivity index (χ3n) is 6.16. The van der Waals surface area contributed by atoms with Crippen LogP contribution in [0.5, 0.6) is 17.2 Å². The molecule has 0 saturated carbocycles. The van der Waals surface area contributed by atoms with Crippen LogP contribution in [0.4, 0.5) is 0 Å². The number of rotatable bonds is 10. The van der Waals surface area contributed by atoms with E-state index >= 15 is 0 Å². The number of hydrogen-bond donors (Lipinski definition) is 0. The fourth-order valence-electron chi connectivity index (χ4n) is 4.53. The summed E-state index contributed by atoms with van der Waals surface area (Å²) >= 11 is 7.65. The fourth-order valence-corrected chi connectivity index (χ4v) is 5.73. The number of halogens is 1. The summed E-state index contributed by atoms with van der Waals surface area (Å²) in [6.45, 7) is 6.34. The number of esters is 1. The van der Waals surface area contributed by atoms with E-state index in [1.54, 1.807) is 38.3 Å². The lowest BCUT2D eigenvalue weighted by Crippen LogP contribution is -2.40. The molecule has 4 rings (SSSR count). The molecule has 0 unspecified atom stereocenters. The molecule has 39 heavy (non-hydrogen) atoms. The van der Waals surface area contributed by atoms with Crippen LogP contribution in [0.3, 0.4) is 0 Å². The molecule has 0 bridgehead atoms. The van der Waals surface area contributed by atoms with Gasteiger partial charge in [-0.15, -0.1) is 0 Å². The fraction of sp³-hybridized carbons (Fsp3) is 0.345. The summed E-state index contributed by atoms with van der Waals surface area (Å²) in [5, 5.41) is 0.451. The highest BCUT2D eigenvalue weighted by molar-refractivity contribution is 7.07. The molecule has 0 amide bonds. The summed E-state index contributed by atoms with van der Waals surface area (Å²) in [7, 11) is 3.11. The molecule has 10 heteroatoms. The van der Waals surface area contributed by atoms with Crippen LogP contribution < -0.4 is 29.1 Å². The van der Waals surface area contributed by atoms with Crippen molar-refractivity contribution in [2.75, 3.05) is 27.4 Å². The zero-order valence-corrected chi connectivity index (χ0v) is 24.1. The number of ether oxygens (including phenoxy) is 4. The molecule has 0 aliphatic carbocycles. The first-order chi connectivity index (χ1) is 18.9. The highest BCUT2D eigenvalue weighted by Gasteiger charge is 2.36. The number of nitrogens with zero attached hydrogens (tertiary/aromatic N) is 2. The van der Waals surface area contributed by atoms with Gasteiger partial charge in [0, 0.05) is 10.6 Å².